The molecule has 82 valence electrons. The largest absolute Gasteiger partial charge is 0.488 e. The Kier molecular flexibility index (Phi) is 3.46. The van der Waals surface area contributed by atoms with Crippen molar-refractivity contribution in [3.8, 4) is 5.75 Å². The van der Waals surface area contributed by atoms with E-state index < -0.39 is 0 Å². The Balaban J connectivity index is 1.92. The van der Waals surface area contributed by atoms with Crippen molar-refractivity contribution in [2.24, 2.45) is 0 Å². The van der Waals surface area contributed by atoms with Crippen LogP contribution in [0.15, 0.2) is 18.2 Å². The van der Waals surface area contributed by atoms with Crippen molar-refractivity contribution in [1.82, 2.24) is 0 Å². The number of benzene rings is 1. The van der Waals surface area contributed by atoms with Crippen molar-refractivity contribution in [3.05, 3.63) is 28.8 Å². The number of hydrogen-bond donors (Lipinski definition) is 0. The number of hydrogen-bond acceptors (Lipinski definition) is 3. The molecule has 1 aromatic carbocycles. The van der Waals surface area contributed by atoms with Gasteiger partial charge < -0.3 is 14.2 Å². The fourth-order valence-electron chi connectivity index (χ4n) is 1.44. The van der Waals surface area contributed by atoms with E-state index in [1.807, 2.05) is 19.1 Å². The molecule has 0 amide bonds. The van der Waals surface area contributed by atoms with Gasteiger partial charge in [-0.15, -0.1) is 0 Å². The lowest BCUT2D eigenvalue weighted by atomic mass is 10.2. The second-order valence-corrected chi connectivity index (χ2v) is 3.83. The molecule has 0 saturated carbocycles. The van der Waals surface area contributed by atoms with Crippen LogP contribution in [0.2, 0.25) is 5.02 Å². The van der Waals surface area contributed by atoms with Gasteiger partial charge in [-0.05, 0) is 30.7 Å². The molecular formula is C11H13ClO3. The van der Waals surface area contributed by atoms with Crippen LogP contribution in [0.25, 0.3) is 0 Å². The van der Waals surface area contributed by atoms with Gasteiger partial charge in [-0.1, -0.05) is 11.6 Å². The van der Waals surface area contributed by atoms with Gasteiger partial charge in [-0.25, -0.2) is 0 Å². The van der Waals surface area contributed by atoms with Crippen molar-refractivity contribution >= 4 is 11.6 Å². The van der Waals surface area contributed by atoms with E-state index in [1.54, 1.807) is 6.07 Å². The SMILES string of the molecule is Cc1cc(Cl)ccc1OCC1OCCO1. The smallest absolute Gasteiger partial charge is 0.191 e. The Morgan fingerprint density at radius 2 is 2.13 bits per heavy atom. The zero-order chi connectivity index (χ0) is 10.7. The predicted molar refractivity (Wildman–Crippen MR) is 57.4 cm³/mol. The molecule has 1 aromatic rings. The fraction of sp³-hybridized carbons (Fsp3) is 0.455. The second-order valence-electron chi connectivity index (χ2n) is 3.39. The van der Waals surface area contributed by atoms with Crippen LogP contribution in [0.5, 0.6) is 5.75 Å². The van der Waals surface area contributed by atoms with E-state index >= 15 is 0 Å². The lowest BCUT2D eigenvalue weighted by Gasteiger charge is -2.12. The summed E-state index contributed by atoms with van der Waals surface area (Å²) in [5.74, 6) is 0.818. The Morgan fingerprint density at radius 1 is 1.40 bits per heavy atom. The molecule has 0 unspecified atom stereocenters. The Bertz CT molecular complexity index is 335. The van der Waals surface area contributed by atoms with E-state index in [0.717, 1.165) is 11.3 Å². The van der Waals surface area contributed by atoms with Gasteiger partial charge in [0.25, 0.3) is 0 Å². The van der Waals surface area contributed by atoms with Gasteiger partial charge in [-0.3, -0.25) is 0 Å². The molecule has 1 fully saturated rings. The van der Waals surface area contributed by atoms with E-state index in [1.165, 1.54) is 0 Å². The van der Waals surface area contributed by atoms with Crippen LogP contribution >= 0.6 is 11.6 Å². The summed E-state index contributed by atoms with van der Waals surface area (Å²) in [5.41, 5.74) is 1.01. The summed E-state index contributed by atoms with van der Waals surface area (Å²) < 4.78 is 16.1. The third-order valence-electron chi connectivity index (χ3n) is 2.20. The van der Waals surface area contributed by atoms with Crippen molar-refractivity contribution < 1.29 is 14.2 Å². The van der Waals surface area contributed by atoms with Crippen molar-refractivity contribution in [2.45, 2.75) is 13.2 Å². The number of ether oxygens (including phenoxy) is 3. The van der Waals surface area contributed by atoms with Crippen molar-refractivity contribution in [3.63, 3.8) is 0 Å². The maximum atomic E-state index is 5.84. The first-order valence-corrected chi connectivity index (χ1v) is 5.25. The van der Waals surface area contributed by atoms with Crippen LogP contribution in [-0.2, 0) is 9.47 Å². The molecule has 4 heteroatoms. The second kappa shape index (κ2) is 4.84. The molecule has 0 aromatic heterocycles. The average molecular weight is 229 g/mol. The third-order valence-corrected chi connectivity index (χ3v) is 2.44. The van der Waals surface area contributed by atoms with Crippen LogP contribution in [0, 0.1) is 6.92 Å². The maximum absolute atomic E-state index is 5.84. The molecule has 3 nitrogen and oxygen atoms in total. The van der Waals surface area contributed by atoms with E-state index in [9.17, 15) is 0 Å². The van der Waals surface area contributed by atoms with Crippen LogP contribution in [0.4, 0.5) is 0 Å². The standard InChI is InChI=1S/C11H13ClO3/c1-8-6-9(12)2-3-10(8)15-7-11-13-4-5-14-11/h2-3,6,11H,4-5,7H2,1H3. The molecule has 0 N–H and O–H groups in total. The van der Waals surface area contributed by atoms with Gasteiger partial charge in [-0.2, -0.15) is 0 Å². The van der Waals surface area contributed by atoms with Crippen molar-refractivity contribution in [2.75, 3.05) is 19.8 Å². The lowest BCUT2D eigenvalue weighted by Crippen LogP contribution is -2.18. The highest BCUT2D eigenvalue weighted by molar-refractivity contribution is 6.30. The first-order valence-electron chi connectivity index (χ1n) is 4.88. The first-order chi connectivity index (χ1) is 7.25. The topological polar surface area (TPSA) is 27.7 Å². The van der Waals surface area contributed by atoms with Gasteiger partial charge >= 0.3 is 0 Å². The van der Waals surface area contributed by atoms with Crippen LogP contribution < -0.4 is 4.74 Å². The van der Waals surface area contributed by atoms with E-state index in [0.29, 0.717) is 24.8 Å². The minimum Gasteiger partial charge on any atom is -0.488 e. The Morgan fingerprint density at radius 3 is 2.80 bits per heavy atom. The van der Waals surface area contributed by atoms with Crippen molar-refractivity contribution in [1.29, 1.82) is 0 Å². The Hall–Kier alpha value is -0.770. The summed E-state index contributed by atoms with van der Waals surface area (Å²) in [6.07, 6.45) is -0.236. The van der Waals surface area contributed by atoms with Crippen LogP contribution in [-0.4, -0.2) is 26.1 Å². The zero-order valence-corrected chi connectivity index (χ0v) is 9.29. The quantitative estimate of drug-likeness (QED) is 0.795. The van der Waals surface area contributed by atoms with E-state index in [4.69, 9.17) is 25.8 Å². The molecular weight excluding hydrogens is 216 g/mol. The summed E-state index contributed by atoms with van der Waals surface area (Å²) in [5, 5.41) is 0.716. The summed E-state index contributed by atoms with van der Waals surface area (Å²) in [6.45, 7) is 3.67. The summed E-state index contributed by atoms with van der Waals surface area (Å²) >= 11 is 5.84. The van der Waals surface area contributed by atoms with Crippen LogP contribution in [0.1, 0.15) is 5.56 Å². The highest BCUT2D eigenvalue weighted by Gasteiger charge is 2.16. The Labute approximate surface area is 93.9 Å². The monoisotopic (exact) mass is 228 g/mol. The van der Waals surface area contributed by atoms with E-state index in [-0.39, 0.29) is 6.29 Å². The predicted octanol–water partition coefficient (Wildman–Crippen LogP) is 2.40. The average Bonchev–Trinajstić information content (AvgIpc) is 2.69. The molecule has 1 saturated heterocycles. The van der Waals surface area contributed by atoms with Gasteiger partial charge in [0.1, 0.15) is 12.4 Å². The molecule has 0 aliphatic carbocycles. The molecule has 0 bridgehead atoms. The summed E-state index contributed by atoms with van der Waals surface area (Å²) in [7, 11) is 0. The normalized spacial score (nSPS) is 16.9. The van der Waals surface area contributed by atoms with Gasteiger partial charge in [0.15, 0.2) is 6.29 Å². The summed E-state index contributed by atoms with van der Waals surface area (Å²) in [4.78, 5) is 0. The molecule has 0 spiro atoms. The van der Waals surface area contributed by atoms with Gasteiger partial charge in [0.05, 0.1) is 13.2 Å². The van der Waals surface area contributed by atoms with Crippen LogP contribution in [0.3, 0.4) is 0 Å². The molecule has 1 aliphatic rings. The zero-order valence-electron chi connectivity index (χ0n) is 8.53. The minimum atomic E-state index is -0.236. The first kappa shape index (κ1) is 10.7. The number of halogens is 1. The lowest BCUT2D eigenvalue weighted by molar-refractivity contribution is -0.0685. The summed E-state index contributed by atoms with van der Waals surface area (Å²) in [6, 6.07) is 5.53. The van der Waals surface area contributed by atoms with Gasteiger partial charge in [0.2, 0.25) is 0 Å². The minimum absolute atomic E-state index is 0.236. The van der Waals surface area contributed by atoms with Gasteiger partial charge in [0, 0.05) is 5.02 Å². The number of aryl methyl sites for hydroxylation is 1. The molecule has 1 heterocycles. The molecule has 15 heavy (non-hydrogen) atoms. The fourth-order valence-corrected chi connectivity index (χ4v) is 1.66. The maximum Gasteiger partial charge on any atom is 0.191 e. The molecule has 0 atom stereocenters. The van der Waals surface area contributed by atoms with E-state index in [2.05, 4.69) is 0 Å². The molecule has 2 rings (SSSR count). The molecule has 0 radical (unpaired) electrons. The number of rotatable bonds is 3. The highest BCUT2D eigenvalue weighted by atomic mass is 35.5. The molecule has 1 aliphatic heterocycles. The third kappa shape index (κ3) is 2.84. The highest BCUT2D eigenvalue weighted by Crippen LogP contribution is 2.22.